The van der Waals surface area contributed by atoms with Gasteiger partial charge in [0.2, 0.25) is 0 Å². The van der Waals surface area contributed by atoms with Crippen molar-refractivity contribution in [3.8, 4) is 5.75 Å². The van der Waals surface area contributed by atoms with Gasteiger partial charge < -0.3 is 10.4 Å². The van der Waals surface area contributed by atoms with Crippen LogP contribution in [-0.2, 0) is 0 Å². The fourth-order valence-electron chi connectivity index (χ4n) is 2.01. The van der Waals surface area contributed by atoms with Crippen LogP contribution in [0.5, 0.6) is 5.75 Å². The number of amides is 1. The lowest BCUT2D eigenvalue weighted by Crippen LogP contribution is -2.13. The van der Waals surface area contributed by atoms with Crippen molar-refractivity contribution in [2.75, 3.05) is 5.32 Å². The van der Waals surface area contributed by atoms with Crippen molar-refractivity contribution < 1.29 is 9.90 Å². The summed E-state index contributed by atoms with van der Waals surface area (Å²) in [6, 6.07) is 9.08. The lowest BCUT2D eigenvalue weighted by atomic mass is 10.1. The number of aryl methyl sites for hydroxylation is 4. The van der Waals surface area contributed by atoms with E-state index in [0.29, 0.717) is 5.56 Å². The van der Waals surface area contributed by atoms with Gasteiger partial charge in [-0.3, -0.25) is 4.79 Å². The van der Waals surface area contributed by atoms with Gasteiger partial charge in [0.15, 0.2) is 0 Å². The minimum atomic E-state index is -0.138. The second-order valence-electron chi connectivity index (χ2n) is 5.21. The fraction of sp³-hybridized carbons (Fsp3) is 0.235. The Morgan fingerprint density at radius 3 is 2.25 bits per heavy atom. The van der Waals surface area contributed by atoms with E-state index >= 15 is 0 Å². The highest BCUT2D eigenvalue weighted by atomic mass is 16.3. The van der Waals surface area contributed by atoms with E-state index < -0.39 is 0 Å². The molecule has 3 heteroatoms. The topological polar surface area (TPSA) is 49.3 Å². The largest absolute Gasteiger partial charge is 0.508 e. The summed E-state index contributed by atoms with van der Waals surface area (Å²) in [5.74, 6) is 0.105. The monoisotopic (exact) mass is 269 g/mol. The summed E-state index contributed by atoms with van der Waals surface area (Å²) in [7, 11) is 0. The van der Waals surface area contributed by atoms with Gasteiger partial charge in [-0.05, 0) is 74.2 Å². The van der Waals surface area contributed by atoms with Crippen LogP contribution in [0.1, 0.15) is 32.6 Å². The molecule has 0 aromatic heterocycles. The molecule has 0 aliphatic carbocycles. The van der Waals surface area contributed by atoms with Gasteiger partial charge in [0.05, 0.1) is 0 Å². The van der Waals surface area contributed by atoms with Crippen molar-refractivity contribution in [3.63, 3.8) is 0 Å². The number of benzene rings is 2. The Labute approximate surface area is 119 Å². The predicted molar refractivity (Wildman–Crippen MR) is 81.5 cm³/mol. The first-order chi connectivity index (χ1) is 9.38. The SMILES string of the molecule is Cc1ccc(C(=O)Nc2cc(C)c(O)cc2C)cc1C. The molecule has 0 saturated heterocycles. The third-order valence-corrected chi connectivity index (χ3v) is 3.56. The minimum Gasteiger partial charge on any atom is -0.508 e. The first-order valence-corrected chi connectivity index (χ1v) is 6.57. The number of carbonyl (C=O) groups excluding carboxylic acids is 1. The van der Waals surface area contributed by atoms with Crippen molar-refractivity contribution in [1.82, 2.24) is 0 Å². The lowest BCUT2D eigenvalue weighted by molar-refractivity contribution is 0.102. The zero-order valence-corrected chi connectivity index (χ0v) is 12.2. The number of phenolic OH excluding ortho intramolecular Hbond substituents is 1. The second kappa shape index (κ2) is 5.37. The Balaban J connectivity index is 2.27. The number of rotatable bonds is 2. The third kappa shape index (κ3) is 2.82. The number of carbonyl (C=O) groups is 1. The summed E-state index contributed by atoms with van der Waals surface area (Å²) in [6.45, 7) is 7.67. The van der Waals surface area contributed by atoms with Crippen LogP contribution in [0.2, 0.25) is 0 Å². The van der Waals surface area contributed by atoms with Crippen LogP contribution in [0, 0.1) is 27.7 Å². The molecule has 0 aliphatic rings. The summed E-state index contributed by atoms with van der Waals surface area (Å²) >= 11 is 0. The number of hydrogen-bond donors (Lipinski definition) is 2. The molecule has 2 rings (SSSR count). The van der Waals surface area contributed by atoms with Gasteiger partial charge >= 0.3 is 0 Å². The van der Waals surface area contributed by atoms with Crippen LogP contribution in [0.4, 0.5) is 5.69 Å². The molecule has 0 fully saturated rings. The standard InChI is InChI=1S/C17H19NO2/c1-10-5-6-14(7-11(10)2)17(20)18-15-8-13(4)16(19)9-12(15)3/h5-9,19H,1-4H3,(H,18,20). The molecular weight excluding hydrogens is 250 g/mol. The average Bonchev–Trinajstić information content (AvgIpc) is 2.39. The Bertz CT molecular complexity index is 675. The van der Waals surface area contributed by atoms with Crippen LogP contribution in [0.15, 0.2) is 30.3 Å². The van der Waals surface area contributed by atoms with E-state index in [1.807, 2.05) is 39.0 Å². The Kier molecular flexibility index (Phi) is 3.79. The molecule has 0 unspecified atom stereocenters. The molecule has 0 atom stereocenters. The third-order valence-electron chi connectivity index (χ3n) is 3.56. The molecule has 1 amide bonds. The van der Waals surface area contributed by atoms with E-state index in [1.54, 1.807) is 19.1 Å². The van der Waals surface area contributed by atoms with E-state index in [0.717, 1.165) is 22.4 Å². The van der Waals surface area contributed by atoms with Crippen molar-refractivity contribution in [2.45, 2.75) is 27.7 Å². The number of nitrogens with one attached hydrogen (secondary N) is 1. The molecule has 104 valence electrons. The average molecular weight is 269 g/mol. The summed E-state index contributed by atoms with van der Waals surface area (Å²) < 4.78 is 0. The Morgan fingerprint density at radius 2 is 1.60 bits per heavy atom. The lowest BCUT2D eigenvalue weighted by Gasteiger charge is -2.11. The van der Waals surface area contributed by atoms with Crippen molar-refractivity contribution >= 4 is 11.6 Å². The highest BCUT2D eigenvalue weighted by molar-refractivity contribution is 6.04. The maximum absolute atomic E-state index is 12.3. The second-order valence-corrected chi connectivity index (χ2v) is 5.21. The zero-order chi connectivity index (χ0) is 14.9. The van der Waals surface area contributed by atoms with Crippen molar-refractivity contribution in [1.29, 1.82) is 0 Å². The maximum atomic E-state index is 12.3. The van der Waals surface area contributed by atoms with Crippen LogP contribution < -0.4 is 5.32 Å². The molecule has 0 saturated carbocycles. The summed E-state index contributed by atoms with van der Waals surface area (Å²) in [5, 5.41) is 12.5. The number of anilines is 1. The van der Waals surface area contributed by atoms with E-state index in [9.17, 15) is 9.90 Å². The minimum absolute atomic E-state index is 0.138. The molecule has 0 spiro atoms. The predicted octanol–water partition coefficient (Wildman–Crippen LogP) is 3.88. The van der Waals surface area contributed by atoms with E-state index in [1.165, 1.54) is 5.56 Å². The highest BCUT2D eigenvalue weighted by Crippen LogP contribution is 2.25. The molecular formula is C17H19NO2. The van der Waals surface area contributed by atoms with Crippen LogP contribution in [-0.4, -0.2) is 11.0 Å². The normalized spacial score (nSPS) is 10.4. The molecule has 0 aliphatic heterocycles. The highest BCUT2D eigenvalue weighted by Gasteiger charge is 2.10. The van der Waals surface area contributed by atoms with Gasteiger partial charge in [-0.2, -0.15) is 0 Å². The molecule has 3 nitrogen and oxygen atoms in total. The van der Waals surface area contributed by atoms with Crippen LogP contribution in [0.25, 0.3) is 0 Å². The van der Waals surface area contributed by atoms with E-state index in [-0.39, 0.29) is 11.7 Å². The molecule has 2 aromatic rings. The van der Waals surface area contributed by atoms with E-state index in [2.05, 4.69) is 5.32 Å². The molecule has 0 radical (unpaired) electrons. The number of hydrogen-bond acceptors (Lipinski definition) is 2. The molecule has 0 bridgehead atoms. The quantitative estimate of drug-likeness (QED) is 0.813. The van der Waals surface area contributed by atoms with Crippen molar-refractivity contribution in [3.05, 3.63) is 58.1 Å². The molecule has 2 aromatic carbocycles. The van der Waals surface area contributed by atoms with Gasteiger partial charge in [-0.15, -0.1) is 0 Å². The summed E-state index contributed by atoms with van der Waals surface area (Å²) in [5.41, 5.74) is 5.20. The van der Waals surface area contributed by atoms with Gasteiger partial charge in [0.25, 0.3) is 5.91 Å². The van der Waals surface area contributed by atoms with E-state index in [4.69, 9.17) is 0 Å². The zero-order valence-electron chi connectivity index (χ0n) is 12.2. The first-order valence-electron chi connectivity index (χ1n) is 6.57. The first kappa shape index (κ1) is 14.1. The van der Waals surface area contributed by atoms with Gasteiger partial charge in [0, 0.05) is 11.3 Å². The fourth-order valence-corrected chi connectivity index (χ4v) is 2.01. The number of phenols is 1. The maximum Gasteiger partial charge on any atom is 0.255 e. The smallest absolute Gasteiger partial charge is 0.255 e. The molecule has 20 heavy (non-hydrogen) atoms. The van der Waals surface area contributed by atoms with Crippen molar-refractivity contribution in [2.24, 2.45) is 0 Å². The van der Waals surface area contributed by atoms with Gasteiger partial charge in [0.1, 0.15) is 5.75 Å². The Hall–Kier alpha value is -2.29. The molecule has 0 heterocycles. The van der Waals surface area contributed by atoms with Gasteiger partial charge in [-0.25, -0.2) is 0 Å². The van der Waals surface area contributed by atoms with Crippen LogP contribution in [0.3, 0.4) is 0 Å². The summed E-state index contributed by atoms with van der Waals surface area (Å²) in [6.07, 6.45) is 0. The number of aromatic hydroxyl groups is 1. The Morgan fingerprint density at radius 1 is 0.900 bits per heavy atom. The summed E-state index contributed by atoms with van der Waals surface area (Å²) in [4.78, 5) is 12.3. The van der Waals surface area contributed by atoms with Gasteiger partial charge in [-0.1, -0.05) is 6.07 Å². The molecule has 2 N–H and O–H groups in total. The van der Waals surface area contributed by atoms with Crippen LogP contribution >= 0.6 is 0 Å².